The first-order valence-electron chi connectivity index (χ1n) is 4.71. The molecule has 0 saturated carbocycles. The number of ketones is 1. The molecule has 5 nitrogen and oxygen atoms in total. The highest BCUT2D eigenvalue weighted by Gasteiger charge is 2.36. The summed E-state index contributed by atoms with van der Waals surface area (Å²) >= 11 is 1.35. The van der Waals surface area contributed by atoms with Gasteiger partial charge in [-0.05, 0) is 0 Å². The van der Waals surface area contributed by atoms with Crippen molar-refractivity contribution in [3.8, 4) is 0 Å². The minimum absolute atomic E-state index is 0.158. The molecule has 1 fully saturated rings. The Hall–Kier alpha value is -0.920. The number of hydrogen-bond donors (Lipinski definition) is 1. The molecule has 2 heterocycles. The van der Waals surface area contributed by atoms with Crippen LogP contribution >= 0.6 is 11.8 Å². The number of amides is 1. The van der Waals surface area contributed by atoms with Crippen molar-refractivity contribution in [3.05, 3.63) is 12.0 Å². The van der Waals surface area contributed by atoms with E-state index in [-0.39, 0.29) is 6.61 Å². The number of ether oxygens (including phenoxy) is 1. The lowest BCUT2D eigenvalue weighted by Crippen LogP contribution is -2.41. The molecule has 88 valence electrons. The molecule has 2 rings (SSSR count). The van der Waals surface area contributed by atoms with Crippen molar-refractivity contribution in [1.82, 2.24) is 4.90 Å². The first-order chi connectivity index (χ1) is 7.61. The van der Waals surface area contributed by atoms with Crippen LogP contribution in [0, 0.1) is 0 Å². The molecule has 1 saturated heterocycles. The van der Waals surface area contributed by atoms with Gasteiger partial charge in [0.2, 0.25) is 11.7 Å². The summed E-state index contributed by atoms with van der Waals surface area (Å²) in [5.41, 5.74) is -0.396. The molecule has 1 N–H and O–H groups in total. The molecule has 0 aromatic heterocycles. The number of nitrogens with zero attached hydrogens (tertiary/aromatic N) is 1. The molecule has 0 unspecified atom stereocenters. The normalized spacial score (nSPS) is 30.9. The lowest BCUT2D eigenvalue weighted by atomic mass is 10.2. The van der Waals surface area contributed by atoms with Crippen molar-refractivity contribution in [3.63, 3.8) is 0 Å². The SMILES string of the molecule is O=C1CC(=O)N([C@@H]2CS[C@H](CO)O2)C=C1F. The van der Waals surface area contributed by atoms with Crippen molar-refractivity contribution in [2.75, 3.05) is 12.4 Å². The van der Waals surface area contributed by atoms with E-state index in [1.807, 2.05) is 0 Å². The number of aliphatic hydroxyl groups excluding tert-OH is 1. The molecule has 2 aliphatic rings. The Labute approximate surface area is 95.2 Å². The van der Waals surface area contributed by atoms with Gasteiger partial charge in [0.25, 0.3) is 0 Å². The number of carbonyl (C=O) groups excluding carboxylic acids is 2. The predicted octanol–water partition coefficient (Wildman–Crippen LogP) is 0.00660. The number of rotatable bonds is 2. The van der Waals surface area contributed by atoms with Gasteiger partial charge in [-0.15, -0.1) is 11.8 Å². The second kappa shape index (κ2) is 4.52. The van der Waals surface area contributed by atoms with Crippen LogP contribution < -0.4 is 0 Å². The van der Waals surface area contributed by atoms with E-state index in [4.69, 9.17) is 9.84 Å². The summed E-state index contributed by atoms with van der Waals surface area (Å²) in [5, 5.41) is 8.85. The Kier molecular flexibility index (Phi) is 3.27. The van der Waals surface area contributed by atoms with Gasteiger partial charge in [-0.25, -0.2) is 4.39 Å². The van der Waals surface area contributed by atoms with Crippen LogP contribution in [0.3, 0.4) is 0 Å². The second-order valence-corrected chi connectivity index (χ2v) is 4.61. The summed E-state index contributed by atoms with van der Waals surface area (Å²) < 4.78 is 18.3. The number of allylic oxidation sites excluding steroid dienone is 1. The molecule has 0 aromatic rings. The average molecular weight is 247 g/mol. The van der Waals surface area contributed by atoms with Gasteiger partial charge in [0.15, 0.2) is 5.83 Å². The monoisotopic (exact) mass is 247 g/mol. The fraction of sp³-hybridized carbons (Fsp3) is 0.556. The standard InChI is InChI=1S/C9H10FNO4S/c10-5-2-11(7(14)1-6(5)13)8-4-16-9(3-12)15-8/h2,8-9,12H,1,3-4H2/t8-,9+/m0/s1. The highest BCUT2D eigenvalue weighted by Crippen LogP contribution is 2.29. The zero-order chi connectivity index (χ0) is 11.7. The third kappa shape index (κ3) is 2.11. The third-order valence-electron chi connectivity index (χ3n) is 2.31. The molecule has 7 heteroatoms. The summed E-state index contributed by atoms with van der Waals surface area (Å²) in [6.45, 7) is -0.158. The maximum Gasteiger partial charge on any atom is 0.236 e. The molecule has 0 aliphatic carbocycles. The van der Waals surface area contributed by atoms with Crippen LogP contribution in [0.1, 0.15) is 6.42 Å². The molecule has 1 amide bonds. The highest BCUT2D eigenvalue weighted by molar-refractivity contribution is 8.00. The van der Waals surface area contributed by atoms with E-state index in [0.717, 1.165) is 11.1 Å². The fourth-order valence-electron chi connectivity index (χ4n) is 1.51. The number of halogens is 1. The van der Waals surface area contributed by atoms with E-state index in [2.05, 4.69) is 0 Å². The van der Waals surface area contributed by atoms with E-state index in [1.165, 1.54) is 11.8 Å². The summed E-state index contributed by atoms with van der Waals surface area (Å²) in [5.74, 6) is -1.75. The molecule has 0 bridgehead atoms. The van der Waals surface area contributed by atoms with Crippen molar-refractivity contribution >= 4 is 23.5 Å². The first-order valence-corrected chi connectivity index (χ1v) is 5.76. The number of Topliss-reactive ketones (excluding diaryl/α,β-unsaturated/α-hetero) is 1. The number of thioether (sulfide) groups is 1. The first kappa shape index (κ1) is 11.6. The number of hydrogen-bond acceptors (Lipinski definition) is 5. The van der Waals surface area contributed by atoms with Crippen molar-refractivity contribution < 1.29 is 23.8 Å². The van der Waals surface area contributed by atoms with Crippen LogP contribution in [0.2, 0.25) is 0 Å². The van der Waals surface area contributed by atoms with Crippen LogP contribution in [-0.4, -0.2) is 45.7 Å². The third-order valence-corrected chi connectivity index (χ3v) is 3.42. The van der Waals surface area contributed by atoms with Crippen LogP contribution in [0.15, 0.2) is 12.0 Å². The van der Waals surface area contributed by atoms with E-state index in [0.29, 0.717) is 5.75 Å². The largest absolute Gasteiger partial charge is 0.393 e. The van der Waals surface area contributed by atoms with Gasteiger partial charge in [-0.2, -0.15) is 0 Å². The van der Waals surface area contributed by atoms with Crippen LogP contribution in [0.25, 0.3) is 0 Å². The maximum atomic E-state index is 13.0. The van der Waals surface area contributed by atoms with E-state index < -0.39 is 35.6 Å². The topological polar surface area (TPSA) is 66.8 Å². The van der Waals surface area contributed by atoms with E-state index in [1.54, 1.807) is 0 Å². The fourth-order valence-corrected chi connectivity index (χ4v) is 2.44. The van der Waals surface area contributed by atoms with Crippen molar-refractivity contribution in [1.29, 1.82) is 0 Å². The van der Waals surface area contributed by atoms with Crippen LogP contribution in [-0.2, 0) is 14.3 Å². The molecule has 0 aromatic carbocycles. The van der Waals surface area contributed by atoms with Gasteiger partial charge in [0, 0.05) is 12.0 Å². The predicted molar refractivity (Wildman–Crippen MR) is 53.9 cm³/mol. The van der Waals surface area contributed by atoms with Gasteiger partial charge in [0.05, 0.1) is 13.0 Å². The molecule has 0 spiro atoms. The zero-order valence-electron chi connectivity index (χ0n) is 8.26. The smallest absolute Gasteiger partial charge is 0.236 e. The maximum absolute atomic E-state index is 13.0. The molecule has 2 atom stereocenters. The highest BCUT2D eigenvalue weighted by atomic mass is 32.2. The zero-order valence-corrected chi connectivity index (χ0v) is 9.08. The number of aliphatic hydroxyl groups is 1. The van der Waals surface area contributed by atoms with Gasteiger partial charge in [0.1, 0.15) is 11.7 Å². The number of carbonyl (C=O) groups is 2. The Morgan fingerprint density at radius 2 is 2.38 bits per heavy atom. The summed E-state index contributed by atoms with van der Waals surface area (Å²) in [6, 6.07) is 0. The molecule has 0 radical (unpaired) electrons. The van der Waals surface area contributed by atoms with Crippen LogP contribution in [0.4, 0.5) is 4.39 Å². The van der Waals surface area contributed by atoms with E-state index in [9.17, 15) is 14.0 Å². The summed E-state index contributed by atoms with van der Waals surface area (Å²) in [4.78, 5) is 23.5. The molecular weight excluding hydrogens is 237 g/mol. The van der Waals surface area contributed by atoms with E-state index >= 15 is 0 Å². The lowest BCUT2D eigenvalue weighted by Gasteiger charge is -2.26. The Morgan fingerprint density at radius 3 is 3.00 bits per heavy atom. The summed E-state index contributed by atoms with van der Waals surface area (Å²) in [6.07, 6.45) is -0.191. The molecule has 2 aliphatic heterocycles. The Balaban J connectivity index is 2.10. The Morgan fingerprint density at radius 1 is 1.62 bits per heavy atom. The summed E-state index contributed by atoms with van der Waals surface area (Å²) in [7, 11) is 0. The molecular formula is C9H10FNO4S. The van der Waals surface area contributed by atoms with Gasteiger partial charge < -0.3 is 9.84 Å². The van der Waals surface area contributed by atoms with Gasteiger partial charge in [-0.1, -0.05) is 0 Å². The van der Waals surface area contributed by atoms with Crippen molar-refractivity contribution in [2.45, 2.75) is 18.1 Å². The second-order valence-electron chi connectivity index (χ2n) is 3.41. The average Bonchev–Trinajstić information content (AvgIpc) is 2.71. The Bertz CT molecular complexity index is 359. The minimum Gasteiger partial charge on any atom is -0.393 e. The van der Waals surface area contributed by atoms with Crippen molar-refractivity contribution in [2.24, 2.45) is 0 Å². The minimum atomic E-state index is -0.930. The quantitative estimate of drug-likeness (QED) is 0.696. The van der Waals surface area contributed by atoms with Gasteiger partial charge in [-0.3, -0.25) is 14.5 Å². The lowest BCUT2D eigenvalue weighted by molar-refractivity contribution is -0.143. The van der Waals surface area contributed by atoms with Gasteiger partial charge >= 0.3 is 0 Å². The van der Waals surface area contributed by atoms with Crippen LogP contribution in [0.5, 0.6) is 0 Å². The molecule has 16 heavy (non-hydrogen) atoms.